The second-order valence-electron chi connectivity index (χ2n) is 6.58. The van der Waals surface area contributed by atoms with Gasteiger partial charge in [0.2, 0.25) is 0 Å². The number of nitrogens with zero attached hydrogens (tertiary/aromatic N) is 3. The molecule has 2 aromatic carbocycles. The van der Waals surface area contributed by atoms with Crippen molar-refractivity contribution in [2.75, 3.05) is 0 Å². The van der Waals surface area contributed by atoms with Crippen molar-refractivity contribution in [3.63, 3.8) is 0 Å². The fourth-order valence-corrected chi connectivity index (χ4v) is 4.23. The first kappa shape index (κ1) is 17.4. The zero-order valence-corrected chi connectivity index (χ0v) is 16.2. The Labute approximate surface area is 161 Å². The van der Waals surface area contributed by atoms with Crippen LogP contribution in [0.15, 0.2) is 64.8 Å². The normalized spacial score (nSPS) is 11.5. The van der Waals surface area contributed by atoms with Crippen molar-refractivity contribution < 1.29 is 0 Å². The average molecular weight is 373 g/mol. The summed E-state index contributed by atoms with van der Waals surface area (Å²) < 4.78 is 1.32. The minimum atomic E-state index is -0.149. The highest BCUT2D eigenvalue weighted by molar-refractivity contribution is 7.19. The van der Waals surface area contributed by atoms with E-state index in [4.69, 9.17) is 0 Å². The van der Waals surface area contributed by atoms with Crippen molar-refractivity contribution in [1.29, 1.82) is 0 Å². The van der Waals surface area contributed by atoms with E-state index in [0.717, 1.165) is 32.0 Å². The van der Waals surface area contributed by atoms with E-state index in [9.17, 15) is 4.79 Å². The molecule has 0 saturated heterocycles. The number of thiophene rings is 1. The van der Waals surface area contributed by atoms with Crippen molar-refractivity contribution >= 4 is 27.8 Å². The molecule has 4 rings (SSSR count). The highest BCUT2D eigenvalue weighted by Crippen LogP contribution is 2.35. The molecule has 27 heavy (non-hydrogen) atoms. The zero-order chi connectivity index (χ0) is 19.0. The largest absolute Gasteiger partial charge is 0.283 e. The van der Waals surface area contributed by atoms with E-state index in [0.29, 0.717) is 5.39 Å². The number of rotatable bonds is 3. The molecule has 0 radical (unpaired) electrons. The van der Waals surface area contributed by atoms with E-state index < -0.39 is 0 Å². The molecule has 0 aliphatic rings. The maximum Gasteiger partial charge on any atom is 0.283 e. The first-order valence-electron chi connectivity index (χ1n) is 8.72. The highest BCUT2D eigenvalue weighted by Gasteiger charge is 2.16. The summed E-state index contributed by atoms with van der Waals surface area (Å²) in [4.78, 5) is 19.4. The first-order valence-corrected chi connectivity index (χ1v) is 9.54. The number of aryl methyl sites for hydroxylation is 3. The average Bonchev–Trinajstić information content (AvgIpc) is 3.00. The predicted octanol–water partition coefficient (Wildman–Crippen LogP) is 4.93. The van der Waals surface area contributed by atoms with Crippen molar-refractivity contribution in [1.82, 2.24) is 9.66 Å². The molecular weight excluding hydrogens is 354 g/mol. The van der Waals surface area contributed by atoms with Crippen LogP contribution in [0.4, 0.5) is 0 Å². The molecule has 0 unspecified atom stereocenters. The first-order chi connectivity index (χ1) is 13.0. The molecule has 134 valence electrons. The molecule has 0 saturated carbocycles. The molecule has 4 nitrogen and oxygen atoms in total. The lowest BCUT2D eigenvalue weighted by atomic mass is 10.0. The Hall–Kier alpha value is -3.05. The van der Waals surface area contributed by atoms with Crippen LogP contribution < -0.4 is 5.56 Å². The molecular formula is C22H19N3OS. The molecule has 0 amide bonds. The topological polar surface area (TPSA) is 47.2 Å². The summed E-state index contributed by atoms with van der Waals surface area (Å²) in [5.41, 5.74) is 5.13. The van der Waals surface area contributed by atoms with Gasteiger partial charge in [-0.2, -0.15) is 9.78 Å². The van der Waals surface area contributed by atoms with Gasteiger partial charge < -0.3 is 0 Å². The van der Waals surface area contributed by atoms with Crippen molar-refractivity contribution in [2.45, 2.75) is 20.8 Å². The van der Waals surface area contributed by atoms with Crippen LogP contribution in [0.2, 0.25) is 0 Å². The number of benzene rings is 2. The third-order valence-corrected chi connectivity index (χ3v) is 5.59. The summed E-state index contributed by atoms with van der Waals surface area (Å²) >= 11 is 1.54. The second-order valence-corrected chi connectivity index (χ2v) is 7.78. The number of fused-ring (bicyclic) bond motifs is 1. The Morgan fingerprint density at radius 2 is 1.85 bits per heavy atom. The fourth-order valence-electron chi connectivity index (χ4n) is 3.22. The summed E-state index contributed by atoms with van der Waals surface area (Å²) in [7, 11) is 0. The lowest BCUT2D eigenvalue weighted by Gasteiger charge is -2.03. The number of aromatic nitrogens is 2. The highest BCUT2D eigenvalue weighted by atomic mass is 32.1. The number of hydrogen-bond donors (Lipinski definition) is 0. The molecule has 4 aromatic rings. The van der Waals surface area contributed by atoms with Crippen LogP contribution in [0.5, 0.6) is 0 Å². The summed E-state index contributed by atoms with van der Waals surface area (Å²) in [6.45, 7) is 6.12. The van der Waals surface area contributed by atoms with Gasteiger partial charge in [0.1, 0.15) is 11.2 Å². The smallest absolute Gasteiger partial charge is 0.267 e. The molecule has 2 heterocycles. The van der Waals surface area contributed by atoms with E-state index in [1.54, 1.807) is 6.21 Å². The van der Waals surface area contributed by atoms with Crippen LogP contribution >= 0.6 is 11.3 Å². The minimum absolute atomic E-state index is 0.149. The summed E-state index contributed by atoms with van der Waals surface area (Å²) in [6.07, 6.45) is 3.21. The molecule has 0 spiro atoms. The predicted molar refractivity (Wildman–Crippen MR) is 113 cm³/mol. The molecule has 2 aromatic heterocycles. The van der Waals surface area contributed by atoms with Gasteiger partial charge in [-0.15, -0.1) is 11.3 Å². The minimum Gasteiger partial charge on any atom is -0.267 e. The number of hydrogen-bond acceptors (Lipinski definition) is 4. The summed E-state index contributed by atoms with van der Waals surface area (Å²) in [5, 5.41) is 5.01. The maximum absolute atomic E-state index is 13.1. The van der Waals surface area contributed by atoms with Gasteiger partial charge in [-0.05, 0) is 37.5 Å². The summed E-state index contributed by atoms with van der Waals surface area (Å²) in [5.74, 6) is 0. The lowest BCUT2D eigenvalue weighted by molar-refractivity contribution is 0.818. The van der Waals surface area contributed by atoms with Crippen molar-refractivity contribution in [2.24, 2.45) is 5.10 Å². The second kappa shape index (κ2) is 6.93. The Kier molecular flexibility index (Phi) is 4.46. The van der Waals surface area contributed by atoms with Crippen LogP contribution in [0.25, 0.3) is 21.3 Å². The van der Waals surface area contributed by atoms with Crippen LogP contribution in [0.1, 0.15) is 21.6 Å². The van der Waals surface area contributed by atoms with Gasteiger partial charge in [0.25, 0.3) is 5.56 Å². The monoisotopic (exact) mass is 373 g/mol. The summed E-state index contributed by atoms with van der Waals surface area (Å²) in [6, 6.07) is 16.1. The molecule has 5 heteroatoms. The van der Waals surface area contributed by atoms with Crippen LogP contribution in [0, 0.1) is 20.8 Å². The third kappa shape index (κ3) is 3.22. The molecule has 0 atom stereocenters. The van der Waals surface area contributed by atoms with Gasteiger partial charge in [0.05, 0.1) is 11.6 Å². The van der Waals surface area contributed by atoms with E-state index in [1.165, 1.54) is 27.9 Å². The quantitative estimate of drug-likeness (QED) is 0.478. The van der Waals surface area contributed by atoms with Gasteiger partial charge in [-0.1, -0.05) is 54.1 Å². The Balaban J connectivity index is 1.85. The van der Waals surface area contributed by atoms with E-state index in [1.807, 2.05) is 56.3 Å². The molecule has 0 aliphatic heterocycles. The Morgan fingerprint density at radius 1 is 1.07 bits per heavy atom. The maximum atomic E-state index is 13.1. The van der Waals surface area contributed by atoms with Crippen LogP contribution in [-0.4, -0.2) is 15.9 Å². The van der Waals surface area contributed by atoms with Crippen LogP contribution in [0.3, 0.4) is 0 Å². The van der Waals surface area contributed by atoms with Crippen LogP contribution in [-0.2, 0) is 0 Å². The Morgan fingerprint density at radius 3 is 2.59 bits per heavy atom. The van der Waals surface area contributed by atoms with Gasteiger partial charge in [0, 0.05) is 10.4 Å². The SMILES string of the molecule is Cc1ccc(/C=N\n2cnc3sc(C)c(-c4ccccc4)c3c2=O)c(C)c1. The zero-order valence-electron chi connectivity index (χ0n) is 15.4. The third-order valence-electron chi connectivity index (χ3n) is 4.58. The standard InChI is InChI=1S/C22H19N3OS/c1-14-9-10-18(15(2)11-14)12-24-25-13-23-21-20(22(25)26)19(16(3)27-21)17-7-5-4-6-8-17/h4-13H,1-3H3/b24-12-. The Bertz CT molecular complexity index is 1220. The van der Waals surface area contributed by atoms with E-state index in [-0.39, 0.29) is 5.56 Å². The lowest BCUT2D eigenvalue weighted by Crippen LogP contribution is -2.17. The van der Waals surface area contributed by atoms with Crippen molar-refractivity contribution in [3.05, 3.63) is 86.8 Å². The van der Waals surface area contributed by atoms with E-state index >= 15 is 0 Å². The molecule has 0 bridgehead atoms. The van der Waals surface area contributed by atoms with Gasteiger partial charge in [0.15, 0.2) is 0 Å². The van der Waals surface area contributed by atoms with E-state index in [2.05, 4.69) is 23.1 Å². The van der Waals surface area contributed by atoms with Gasteiger partial charge in [-0.25, -0.2) is 4.98 Å². The van der Waals surface area contributed by atoms with Gasteiger partial charge in [-0.3, -0.25) is 4.79 Å². The molecule has 0 aliphatic carbocycles. The molecule has 0 fully saturated rings. The fraction of sp³-hybridized carbons (Fsp3) is 0.136. The van der Waals surface area contributed by atoms with Gasteiger partial charge >= 0.3 is 0 Å². The van der Waals surface area contributed by atoms with Crippen molar-refractivity contribution in [3.8, 4) is 11.1 Å². The molecule has 0 N–H and O–H groups in total.